The Hall–Kier alpha value is -2.62. The molecule has 9 heteroatoms. The molecular weight excluding hydrogens is 376 g/mol. The molecule has 1 saturated heterocycles. The number of benzene rings is 1. The van der Waals surface area contributed by atoms with Gasteiger partial charge in [-0.05, 0) is 38.0 Å². The molecule has 1 aromatic carbocycles. The monoisotopic (exact) mass is 402 g/mol. The molecule has 4 N–H and O–H groups in total. The highest BCUT2D eigenvalue weighted by molar-refractivity contribution is 6.23. The first-order valence-corrected chi connectivity index (χ1v) is 9.63. The van der Waals surface area contributed by atoms with E-state index in [2.05, 4.69) is 10.6 Å². The summed E-state index contributed by atoms with van der Waals surface area (Å²) in [6.07, 6.45) is 0.242. The van der Waals surface area contributed by atoms with Crippen molar-refractivity contribution in [1.82, 2.24) is 15.5 Å². The summed E-state index contributed by atoms with van der Waals surface area (Å²) in [5.74, 6) is -2.01. The Kier molecular flexibility index (Phi) is 6.11. The van der Waals surface area contributed by atoms with Gasteiger partial charge in [0, 0.05) is 26.1 Å². The van der Waals surface area contributed by atoms with Crippen molar-refractivity contribution in [3.63, 3.8) is 0 Å². The van der Waals surface area contributed by atoms with Gasteiger partial charge in [0.2, 0.25) is 11.8 Å². The molecule has 2 aliphatic rings. The van der Waals surface area contributed by atoms with Crippen molar-refractivity contribution in [2.45, 2.75) is 44.9 Å². The number of ether oxygens (including phenoxy) is 1. The second-order valence-electron chi connectivity index (χ2n) is 7.82. The van der Waals surface area contributed by atoms with E-state index in [-0.39, 0.29) is 29.6 Å². The Morgan fingerprint density at radius 3 is 2.62 bits per heavy atom. The molecule has 0 aromatic heterocycles. The maximum Gasteiger partial charge on any atom is 0.262 e. The smallest absolute Gasteiger partial charge is 0.262 e. The van der Waals surface area contributed by atoms with Crippen LogP contribution in [0.25, 0.3) is 0 Å². The number of carbonyl (C=O) groups is 4. The maximum absolute atomic E-state index is 12.8. The molecule has 0 aliphatic carbocycles. The molecule has 0 bridgehead atoms. The maximum atomic E-state index is 12.8. The number of carbonyl (C=O) groups excluding carboxylic acids is 4. The zero-order valence-electron chi connectivity index (χ0n) is 16.6. The topological polar surface area (TPSA) is 131 Å². The zero-order valence-corrected chi connectivity index (χ0v) is 16.6. The Morgan fingerprint density at radius 1 is 1.21 bits per heavy atom. The molecule has 0 saturated carbocycles. The molecule has 1 fully saturated rings. The second kappa shape index (κ2) is 8.40. The van der Waals surface area contributed by atoms with Crippen LogP contribution >= 0.6 is 0 Å². The fourth-order valence-electron chi connectivity index (χ4n) is 3.32. The first kappa shape index (κ1) is 21.1. The number of nitrogens with zero attached hydrogens (tertiary/aromatic N) is 1. The van der Waals surface area contributed by atoms with E-state index in [1.54, 1.807) is 18.2 Å². The van der Waals surface area contributed by atoms with E-state index < -0.39 is 29.7 Å². The summed E-state index contributed by atoms with van der Waals surface area (Å²) >= 11 is 0. The zero-order chi connectivity index (χ0) is 21.2. The molecule has 2 aliphatic heterocycles. The van der Waals surface area contributed by atoms with Gasteiger partial charge in [-0.3, -0.25) is 29.4 Å². The average molecular weight is 402 g/mol. The van der Waals surface area contributed by atoms with E-state index in [4.69, 9.17) is 10.5 Å². The van der Waals surface area contributed by atoms with E-state index in [0.717, 1.165) is 10.5 Å². The number of hydrogen-bond acceptors (Lipinski definition) is 7. The lowest BCUT2D eigenvalue weighted by atomic mass is 10.0. The SMILES string of the molecule is CC(C)(CN)OCCNCc1ccc2c(c1)C(=O)N(C1CCC(=O)NC1=O)C2=O. The number of hydrogen-bond donors (Lipinski definition) is 3. The summed E-state index contributed by atoms with van der Waals surface area (Å²) in [4.78, 5) is 49.8. The van der Waals surface area contributed by atoms with Crippen molar-refractivity contribution >= 4 is 23.6 Å². The molecule has 1 aromatic rings. The van der Waals surface area contributed by atoms with Gasteiger partial charge in [-0.25, -0.2) is 0 Å². The van der Waals surface area contributed by atoms with Gasteiger partial charge in [0.1, 0.15) is 6.04 Å². The van der Waals surface area contributed by atoms with Crippen LogP contribution in [0.4, 0.5) is 0 Å². The highest BCUT2D eigenvalue weighted by atomic mass is 16.5. The molecule has 0 spiro atoms. The minimum absolute atomic E-state index is 0.0992. The highest BCUT2D eigenvalue weighted by Gasteiger charge is 2.44. The summed E-state index contributed by atoms with van der Waals surface area (Å²) in [5.41, 5.74) is 6.64. The van der Waals surface area contributed by atoms with Crippen LogP contribution in [0.5, 0.6) is 0 Å². The van der Waals surface area contributed by atoms with E-state index in [0.29, 0.717) is 26.2 Å². The van der Waals surface area contributed by atoms with Crippen LogP contribution in [0, 0.1) is 0 Å². The molecule has 29 heavy (non-hydrogen) atoms. The Balaban J connectivity index is 1.62. The highest BCUT2D eigenvalue weighted by Crippen LogP contribution is 2.28. The normalized spacial score (nSPS) is 19.6. The first-order chi connectivity index (χ1) is 13.7. The summed E-state index contributed by atoms with van der Waals surface area (Å²) in [6, 6.07) is 4.09. The number of piperidine rings is 1. The van der Waals surface area contributed by atoms with E-state index >= 15 is 0 Å². The predicted octanol–water partition coefficient (Wildman–Crippen LogP) is -0.0687. The van der Waals surface area contributed by atoms with Crippen LogP contribution < -0.4 is 16.4 Å². The van der Waals surface area contributed by atoms with Crippen LogP contribution in [-0.4, -0.2) is 59.9 Å². The fourth-order valence-corrected chi connectivity index (χ4v) is 3.32. The largest absolute Gasteiger partial charge is 0.373 e. The molecule has 3 rings (SSSR count). The molecule has 4 amide bonds. The Labute approximate surface area is 168 Å². The number of rotatable bonds is 8. The summed E-state index contributed by atoms with van der Waals surface area (Å²) < 4.78 is 5.67. The van der Waals surface area contributed by atoms with E-state index in [9.17, 15) is 19.2 Å². The lowest BCUT2D eigenvalue weighted by Gasteiger charge is -2.27. The number of nitrogens with two attached hydrogens (primary N) is 1. The molecular formula is C20H26N4O5. The minimum Gasteiger partial charge on any atom is -0.373 e. The fraction of sp³-hybridized carbons (Fsp3) is 0.500. The van der Waals surface area contributed by atoms with Crippen molar-refractivity contribution in [3.8, 4) is 0 Å². The molecule has 156 valence electrons. The molecule has 1 atom stereocenters. The lowest BCUT2D eigenvalue weighted by molar-refractivity contribution is -0.136. The molecule has 1 unspecified atom stereocenters. The third kappa shape index (κ3) is 4.52. The summed E-state index contributed by atoms with van der Waals surface area (Å²) in [6.45, 7) is 5.87. The van der Waals surface area contributed by atoms with Crippen LogP contribution in [0.2, 0.25) is 0 Å². The van der Waals surface area contributed by atoms with Gasteiger partial charge in [0.25, 0.3) is 11.8 Å². The van der Waals surface area contributed by atoms with Gasteiger partial charge in [-0.15, -0.1) is 0 Å². The van der Waals surface area contributed by atoms with Crippen LogP contribution in [0.1, 0.15) is 53.0 Å². The van der Waals surface area contributed by atoms with Crippen molar-refractivity contribution in [1.29, 1.82) is 0 Å². The van der Waals surface area contributed by atoms with Crippen molar-refractivity contribution in [3.05, 3.63) is 34.9 Å². The predicted molar refractivity (Wildman–Crippen MR) is 104 cm³/mol. The molecule has 0 radical (unpaired) electrons. The Morgan fingerprint density at radius 2 is 1.93 bits per heavy atom. The van der Waals surface area contributed by atoms with E-state index in [1.807, 2.05) is 13.8 Å². The van der Waals surface area contributed by atoms with Crippen molar-refractivity contribution in [2.75, 3.05) is 19.7 Å². The number of fused-ring (bicyclic) bond motifs is 1. The molecule has 2 heterocycles. The number of amides is 4. The third-order valence-corrected chi connectivity index (χ3v) is 5.10. The van der Waals surface area contributed by atoms with Crippen LogP contribution in [0.3, 0.4) is 0 Å². The van der Waals surface area contributed by atoms with Gasteiger partial charge in [0.05, 0.1) is 23.3 Å². The van der Waals surface area contributed by atoms with Crippen LogP contribution in [0.15, 0.2) is 18.2 Å². The number of imide groups is 2. The first-order valence-electron chi connectivity index (χ1n) is 9.63. The summed E-state index contributed by atoms with van der Waals surface area (Å²) in [5, 5.41) is 5.41. The van der Waals surface area contributed by atoms with Gasteiger partial charge in [0.15, 0.2) is 0 Å². The minimum atomic E-state index is -0.954. The van der Waals surface area contributed by atoms with Gasteiger partial charge < -0.3 is 15.8 Å². The second-order valence-corrected chi connectivity index (χ2v) is 7.82. The average Bonchev–Trinajstić information content (AvgIpc) is 2.92. The molecule has 9 nitrogen and oxygen atoms in total. The van der Waals surface area contributed by atoms with Gasteiger partial charge in [-0.1, -0.05) is 6.07 Å². The third-order valence-electron chi connectivity index (χ3n) is 5.10. The van der Waals surface area contributed by atoms with Gasteiger partial charge >= 0.3 is 0 Å². The van der Waals surface area contributed by atoms with Crippen molar-refractivity contribution < 1.29 is 23.9 Å². The standard InChI is InChI=1S/C20H26N4O5/c1-20(2,11-21)29-8-7-22-10-12-3-4-13-14(9-12)19(28)24(18(13)27)15-5-6-16(25)23-17(15)26/h3-4,9,15,22H,5-8,10-11,21H2,1-2H3,(H,23,25,26). The quantitative estimate of drug-likeness (QED) is 0.410. The lowest BCUT2D eigenvalue weighted by Crippen LogP contribution is -2.54. The van der Waals surface area contributed by atoms with E-state index in [1.165, 1.54) is 0 Å². The summed E-state index contributed by atoms with van der Waals surface area (Å²) in [7, 11) is 0. The van der Waals surface area contributed by atoms with Gasteiger partial charge in [-0.2, -0.15) is 0 Å². The van der Waals surface area contributed by atoms with Crippen LogP contribution in [-0.2, 0) is 20.9 Å². The Bertz CT molecular complexity index is 851. The number of nitrogens with one attached hydrogen (secondary N) is 2. The van der Waals surface area contributed by atoms with Crippen molar-refractivity contribution in [2.24, 2.45) is 5.73 Å².